The molecule has 0 amide bonds. The summed E-state index contributed by atoms with van der Waals surface area (Å²) in [6.07, 6.45) is 1.41. The molecule has 2 fully saturated rings. The van der Waals surface area contributed by atoms with E-state index in [2.05, 4.69) is 19.8 Å². The molecule has 9 nitrogen and oxygen atoms in total. The lowest BCUT2D eigenvalue weighted by Crippen LogP contribution is -2.48. The van der Waals surface area contributed by atoms with Gasteiger partial charge in [-0.3, -0.25) is 10.1 Å². The smallest absolute Gasteiger partial charge is 0.353 e. The molecule has 2 aliphatic heterocycles. The second-order valence-corrected chi connectivity index (χ2v) is 8.97. The fraction of sp³-hybridized carbons (Fsp3) is 0.333. The zero-order valence-corrected chi connectivity index (χ0v) is 19.8. The molecule has 2 aliphatic rings. The Bertz CT molecular complexity index is 1200. The van der Waals surface area contributed by atoms with Crippen molar-refractivity contribution >= 4 is 40.3 Å². The van der Waals surface area contributed by atoms with E-state index in [1.54, 1.807) is 12.1 Å². The van der Waals surface area contributed by atoms with Crippen LogP contribution in [0.5, 0.6) is 0 Å². The summed E-state index contributed by atoms with van der Waals surface area (Å²) in [6.45, 7) is 5.04. The van der Waals surface area contributed by atoms with Crippen molar-refractivity contribution in [3.63, 3.8) is 0 Å². The van der Waals surface area contributed by atoms with Crippen molar-refractivity contribution in [3.05, 3.63) is 75.8 Å². The van der Waals surface area contributed by atoms with Crippen LogP contribution in [0.2, 0.25) is 5.02 Å². The monoisotopic (exact) mass is 497 g/mol. The Morgan fingerprint density at radius 1 is 0.771 bits per heavy atom. The molecule has 2 aromatic carbocycles. The molecule has 0 radical (unpaired) electrons. The second kappa shape index (κ2) is 9.91. The van der Waals surface area contributed by atoms with Crippen LogP contribution in [0, 0.1) is 15.9 Å². The molecule has 0 spiro atoms. The lowest BCUT2D eigenvalue weighted by molar-refractivity contribution is -0.383. The summed E-state index contributed by atoms with van der Waals surface area (Å²) >= 11 is 6.13. The van der Waals surface area contributed by atoms with Crippen LogP contribution < -0.4 is 19.6 Å². The summed E-state index contributed by atoms with van der Waals surface area (Å²) in [4.78, 5) is 28.7. The van der Waals surface area contributed by atoms with Gasteiger partial charge < -0.3 is 19.6 Å². The van der Waals surface area contributed by atoms with E-state index in [4.69, 9.17) is 11.6 Å². The van der Waals surface area contributed by atoms with E-state index in [-0.39, 0.29) is 16.4 Å². The first-order chi connectivity index (χ1) is 17.0. The molecule has 3 aromatic rings. The Hall–Kier alpha value is -3.66. The molecular weight excluding hydrogens is 473 g/mol. The number of benzene rings is 2. The number of halogens is 2. The van der Waals surface area contributed by atoms with Crippen LogP contribution in [0.4, 0.5) is 33.1 Å². The first-order valence-corrected chi connectivity index (χ1v) is 11.9. The highest BCUT2D eigenvalue weighted by Crippen LogP contribution is 2.35. The van der Waals surface area contributed by atoms with Crippen molar-refractivity contribution in [3.8, 4) is 0 Å². The van der Waals surface area contributed by atoms with E-state index in [0.717, 1.165) is 11.4 Å². The summed E-state index contributed by atoms with van der Waals surface area (Å²) < 4.78 is 13.3. The highest BCUT2D eigenvalue weighted by Gasteiger charge is 2.33. The van der Waals surface area contributed by atoms with E-state index < -0.39 is 0 Å². The molecule has 5 rings (SSSR count). The molecule has 0 N–H and O–H groups in total. The van der Waals surface area contributed by atoms with Crippen LogP contribution in [0.3, 0.4) is 0 Å². The normalized spacial score (nSPS) is 16.5. The Balaban J connectivity index is 1.31. The third-order valence-electron chi connectivity index (χ3n) is 6.49. The molecule has 0 atom stereocenters. The minimum atomic E-state index is -0.375. The summed E-state index contributed by atoms with van der Waals surface area (Å²) in [6, 6.07) is 14.1. The molecule has 35 heavy (non-hydrogen) atoms. The molecule has 0 unspecified atom stereocenters. The predicted molar refractivity (Wildman–Crippen MR) is 135 cm³/mol. The number of piperazine rings is 2. The maximum absolute atomic E-state index is 13.3. The van der Waals surface area contributed by atoms with Crippen LogP contribution in [0.25, 0.3) is 0 Å². The minimum absolute atomic E-state index is 0.0565. The molecule has 0 saturated carbocycles. The highest BCUT2D eigenvalue weighted by atomic mass is 35.5. The number of aromatic nitrogens is 2. The van der Waals surface area contributed by atoms with Crippen molar-refractivity contribution in [2.75, 3.05) is 72.0 Å². The van der Waals surface area contributed by atoms with E-state index in [1.165, 1.54) is 18.5 Å². The predicted octanol–water partition coefficient (Wildman–Crippen LogP) is 3.83. The van der Waals surface area contributed by atoms with Gasteiger partial charge in [-0.15, -0.1) is 0 Å². The average molecular weight is 498 g/mol. The van der Waals surface area contributed by atoms with Gasteiger partial charge in [-0.2, -0.15) is 0 Å². The van der Waals surface area contributed by atoms with Crippen molar-refractivity contribution in [2.24, 2.45) is 0 Å². The third kappa shape index (κ3) is 4.93. The third-order valence-corrected chi connectivity index (χ3v) is 6.72. The zero-order chi connectivity index (χ0) is 24.4. The fourth-order valence-corrected chi connectivity index (χ4v) is 4.85. The molecule has 1 aromatic heterocycles. The van der Waals surface area contributed by atoms with Crippen LogP contribution in [0.15, 0.2) is 54.9 Å². The number of nitrogens with zero attached hydrogens (tertiary/aromatic N) is 7. The molecular formula is C24H25ClFN7O2. The van der Waals surface area contributed by atoms with E-state index >= 15 is 0 Å². The Labute approximate surface area is 207 Å². The van der Waals surface area contributed by atoms with Crippen LogP contribution in [-0.4, -0.2) is 67.2 Å². The number of rotatable bonds is 5. The van der Waals surface area contributed by atoms with Crippen LogP contribution >= 0.6 is 11.6 Å². The van der Waals surface area contributed by atoms with Crippen LogP contribution in [0.1, 0.15) is 0 Å². The second-order valence-electron chi connectivity index (χ2n) is 8.53. The van der Waals surface area contributed by atoms with Gasteiger partial charge in [0, 0.05) is 68.8 Å². The van der Waals surface area contributed by atoms with Gasteiger partial charge in [0.05, 0.1) is 4.92 Å². The molecule has 182 valence electrons. The summed E-state index contributed by atoms with van der Waals surface area (Å²) in [7, 11) is 0. The van der Waals surface area contributed by atoms with Gasteiger partial charge in [-0.1, -0.05) is 17.7 Å². The van der Waals surface area contributed by atoms with Gasteiger partial charge in [-0.05, 0) is 42.5 Å². The van der Waals surface area contributed by atoms with E-state index in [1.807, 2.05) is 34.1 Å². The number of hydrogen-bond acceptors (Lipinski definition) is 8. The van der Waals surface area contributed by atoms with Crippen molar-refractivity contribution in [2.45, 2.75) is 0 Å². The number of nitro groups is 1. The van der Waals surface area contributed by atoms with Crippen molar-refractivity contribution in [1.29, 1.82) is 0 Å². The van der Waals surface area contributed by atoms with Gasteiger partial charge in [-0.25, -0.2) is 14.4 Å². The van der Waals surface area contributed by atoms with Crippen LogP contribution in [-0.2, 0) is 0 Å². The van der Waals surface area contributed by atoms with E-state index in [9.17, 15) is 14.5 Å². The van der Waals surface area contributed by atoms with Gasteiger partial charge in [0.2, 0.25) is 11.6 Å². The zero-order valence-electron chi connectivity index (χ0n) is 19.1. The SMILES string of the molecule is O=[N+]([O-])c1c(N2CCN(c3ccc(F)cc3)CC2)ncnc1N1CCN(c2cccc(Cl)c2)CC1. The summed E-state index contributed by atoms with van der Waals surface area (Å²) in [5.41, 5.74) is 1.91. The quantitative estimate of drug-likeness (QED) is 0.388. The first-order valence-electron chi connectivity index (χ1n) is 11.5. The first kappa shape index (κ1) is 23.1. The van der Waals surface area contributed by atoms with Gasteiger partial charge in [0.1, 0.15) is 12.1 Å². The van der Waals surface area contributed by atoms with Crippen molar-refractivity contribution in [1.82, 2.24) is 9.97 Å². The largest absolute Gasteiger partial charge is 0.368 e. The summed E-state index contributed by atoms with van der Waals surface area (Å²) in [5.74, 6) is 0.424. The lowest BCUT2D eigenvalue weighted by Gasteiger charge is -2.38. The lowest BCUT2D eigenvalue weighted by atomic mass is 10.2. The number of hydrogen-bond donors (Lipinski definition) is 0. The molecule has 0 bridgehead atoms. The van der Waals surface area contributed by atoms with E-state index in [0.29, 0.717) is 69.0 Å². The van der Waals surface area contributed by atoms with Crippen molar-refractivity contribution < 1.29 is 9.31 Å². The fourth-order valence-electron chi connectivity index (χ4n) is 4.66. The highest BCUT2D eigenvalue weighted by molar-refractivity contribution is 6.30. The molecule has 0 aliphatic carbocycles. The summed E-state index contributed by atoms with van der Waals surface area (Å²) in [5, 5.41) is 12.9. The van der Waals surface area contributed by atoms with Gasteiger partial charge in [0.15, 0.2) is 0 Å². The van der Waals surface area contributed by atoms with Gasteiger partial charge >= 0.3 is 5.69 Å². The van der Waals surface area contributed by atoms with Gasteiger partial charge in [0.25, 0.3) is 0 Å². The Kier molecular flexibility index (Phi) is 6.54. The Morgan fingerprint density at radius 3 is 1.80 bits per heavy atom. The molecule has 11 heteroatoms. The number of anilines is 4. The standard InChI is InChI=1S/C24H25ClFN7O2/c25-18-2-1-3-21(16-18)30-10-14-32(15-11-30)24-22(33(34)35)23(27-17-28-24)31-12-8-29(9-13-31)20-6-4-19(26)5-7-20/h1-7,16-17H,8-15H2. The molecule has 2 saturated heterocycles. The minimum Gasteiger partial charge on any atom is -0.368 e. The Morgan fingerprint density at radius 2 is 1.29 bits per heavy atom. The average Bonchev–Trinajstić information content (AvgIpc) is 2.89. The maximum Gasteiger partial charge on any atom is 0.353 e. The molecule has 3 heterocycles. The topological polar surface area (TPSA) is 81.9 Å². The maximum atomic E-state index is 13.3.